The van der Waals surface area contributed by atoms with Gasteiger partial charge in [-0.05, 0) is 23.3 Å². The van der Waals surface area contributed by atoms with E-state index >= 15 is 0 Å². The third-order valence-electron chi connectivity index (χ3n) is 3.77. The minimum atomic E-state index is -3.75. The number of hydrogen-bond acceptors (Lipinski definition) is 4. The fourth-order valence-electron chi connectivity index (χ4n) is 2.48. The van der Waals surface area contributed by atoms with Gasteiger partial charge in [0.15, 0.2) is 5.03 Å². The smallest absolute Gasteiger partial charge is 0.261 e. The van der Waals surface area contributed by atoms with Crippen molar-refractivity contribution in [3.63, 3.8) is 0 Å². The fraction of sp³-hybridized carbons (Fsp3) is 0.105. The Labute approximate surface area is 147 Å². The van der Waals surface area contributed by atoms with Gasteiger partial charge in [0.1, 0.15) is 0 Å². The number of pyridine rings is 1. The van der Waals surface area contributed by atoms with Crippen LogP contribution < -0.4 is 5.73 Å². The van der Waals surface area contributed by atoms with Gasteiger partial charge in [0, 0.05) is 13.1 Å². The molecule has 1 heterocycles. The van der Waals surface area contributed by atoms with Crippen LogP contribution in [0.25, 0.3) is 0 Å². The Balaban J connectivity index is 1.95. The van der Waals surface area contributed by atoms with Gasteiger partial charge in [-0.2, -0.15) is 4.31 Å². The van der Waals surface area contributed by atoms with Crippen molar-refractivity contribution in [1.29, 1.82) is 0 Å². The number of anilines is 1. The van der Waals surface area contributed by atoms with Crippen LogP contribution in [0.15, 0.2) is 84.0 Å². The number of benzene rings is 2. The first-order valence-electron chi connectivity index (χ1n) is 7.85. The van der Waals surface area contributed by atoms with Crippen molar-refractivity contribution in [1.82, 2.24) is 9.29 Å². The van der Waals surface area contributed by atoms with Crippen LogP contribution in [0, 0.1) is 0 Å². The van der Waals surface area contributed by atoms with Crippen LogP contribution in [0.3, 0.4) is 0 Å². The van der Waals surface area contributed by atoms with Crippen LogP contribution in [-0.4, -0.2) is 17.7 Å². The summed E-state index contributed by atoms with van der Waals surface area (Å²) in [7, 11) is -3.75. The van der Waals surface area contributed by atoms with Gasteiger partial charge in [-0.15, -0.1) is 0 Å². The minimum Gasteiger partial charge on any atom is -0.397 e. The molecular weight excluding hydrogens is 334 g/mol. The van der Waals surface area contributed by atoms with Gasteiger partial charge >= 0.3 is 0 Å². The highest BCUT2D eigenvalue weighted by molar-refractivity contribution is 7.89. The lowest BCUT2D eigenvalue weighted by Gasteiger charge is -2.22. The Bertz CT molecular complexity index is 870. The number of hydrogen-bond donors (Lipinski definition) is 1. The number of nitrogens with zero attached hydrogens (tertiary/aromatic N) is 2. The number of sulfonamides is 1. The van der Waals surface area contributed by atoms with Crippen molar-refractivity contribution in [2.75, 3.05) is 5.73 Å². The molecule has 2 N–H and O–H groups in total. The zero-order valence-electron chi connectivity index (χ0n) is 13.6. The summed E-state index contributed by atoms with van der Waals surface area (Å²) in [6, 6.07) is 22.0. The third kappa shape index (κ3) is 4.23. The van der Waals surface area contributed by atoms with E-state index in [4.69, 9.17) is 5.73 Å². The molecule has 0 aliphatic heterocycles. The molecule has 0 unspecified atom stereocenters. The van der Waals surface area contributed by atoms with Crippen molar-refractivity contribution in [2.45, 2.75) is 18.1 Å². The first kappa shape index (κ1) is 17.1. The molecule has 2 aromatic carbocycles. The summed E-state index contributed by atoms with van der Waals surface area (Å²) >= 11 is 0. The van der Waals surface area contributed by atoms with E-state index in [1.807, 2.05) is 60.7 Å². The second kappa shape index (κ2) is 7.46. The first-order chi connectivity index (χ1) is 12.1. The summed E-state index contributed by atoms with van der Waals surface area (Å²) in [5.74, 6) is 0. The topological polar surface area (TPSA) is 76.3 Å². The summed E-state index contributed by atoms with van der Waals surface area (Å²) in [5, 5.41) is -0.00596. The zero-order chi connectivity index (χ0) is 17.7. The first-order valence-corrected chi connectivity index (χ1v) is 9.29. The molecule has 0 saturated heterocycles. The number of nitrogens with two attached hydrogens (primary N) is 1. The van der Waals surface area contributed by atoms with E-state index in [2.05, 4.69) is 4.98 Å². The second-order valence-electron chi connectivity index (χ2n) is 5.67. The van der Waals surface area contributed by atoms with Crippen LogP contribution in [0.1, 0.15) is 11.1 Å². The van der Waals surface area contributed by atoms with Crippen molar-refractivity contribution in [2.24, 2.45) is 0 Å². The molecule has 0 radical (unpaired) electrons. The molecule has 0 amide bonds. The summed E-state index contributed by atoms with van der Waals surface area (Å²) in [4.78, 5) is 4.00. The van der Waals surface area contributed by atoms with E-state index in [0.717, 1.165) is 11.1 Å². The van der Waals surface area contributed by atoms with E-state index in [9.17, 15) is 8.42 Å². The lowest BCUT2D eigenvalue weighted by molar-refractivity contribution is 0.399. The molecule has 1 aromatic heterocycles. The van der Waals surface area contributed by atoms with Crippen LogP contribution in [0.4, 0.5) is 5.69 Å². The van der Waals surface area contributed by atoms with Gasteiger partial charge in [-0.3, -0.25) is 0 Å². The lowest BCUT2D eigenvalue weighted by atomic mass is 10.2. The molecule has 128 valence electrons. The van der Waals surface area contributed by atoms with Gasteiger partial charge < -0.3 is 5.73 Å². The highest BCUT2D eigenvalue weighted by atomic mass is 32.2. The molecule has 0 aliphatic rings. The van der Waals surface area contributed by atoms with Crippen LogP contribution in [0.2, 0.25) is 0 Å². The summed E-state index contributed by atoms with van der Waals surface area (Å²) in [6.45, 7) is 0.536. The van der Waals surface area contributed by atoms with E-state index in [0.29, 0.717) is 5.69 Å². The number of nitrogen functional groups attached to an aromatic ring is 1. The summed E-state index contributed by atoms with van der Waals surface area (Å²) < 4.78 is 27.6. The van der Waals surface area contributed by atoms with Crippen molar-refractivity contribution < 1.29 is 8.42 Å². The van der Waals surface area contributed by atoms with Gasteiger partial charge in [-0.25, -0.2) is 13.4 Å². The molecule has 3 aromatic rings. The Hall–Kier alpha value is -2.70. The predicted molar refractivity (Wildman–Crippen MR) is 98.0 cm³/mol. The number of aromatic nitrogens is 1. The Morgan fingerprint density at radius 1 is 0.800 bits per heavy atom. The summed E-state index contributed by atoms with van der Waals surface area (Å²) in [6.07, 6.45) is 1.36. The van der Waals surface area contributed by atoms with Crippen molar-refractivity contribution in [3.8, 4) is 0 Å². The fourth-order valence-corrected chi connectivity index (χ4v) is 3.81. The molecule has 0 bridgehead atoms. The van der Waals surface area contributed by atoms with Crippen LogP contribution in [-0.2, 0) is 23.1 Å². The van der Waals surface area contributed by atoms with Gasteiger partial charge in [0.05, 0.1) is 11.9 Å². The third-order valence-corrected chi connectivity index (χ3v) is 5.48. The van der Waals surface area contributed by atoms with Crippen molar-refractivity contribution >= 4 is 15.7 Å². The molecule has 0 saturated carbocycles. The molecule has 0 aliphatic carbocycles. The molecule has 25 heavy (non-hydrogen) atoms. The average molecular weight is 353 g/mol. The lowest BCUT2D eigenvalue weighted by Crippen LogP contribution is -2.30. The molecular formula is C19H19N3O2S. The minimum absolute atomic E-state index is 0.00596. The molecule has 0 atom stereocenters. The molecule has 0 spiro atoms. The zero-order valence-corrected chi connectivity index (χ0v) is 14.4. The Morgan fingerprint density at radius 3 is 1.76 bits per heavy atom. The van der Waals surface area contributed by atoms with Gasteiger partial charge in [0.2, 0.25) is 0 Å². The highest BCUT2D eigenvalue weighted by Crippen LogP contribution is 2.20. The van der Waals surface area contributed by atoms with E-state index in [1.54, 1.807) is 6.07 Å². The van der Waals surface area contributed by atoms with Gasteiger partial charge in [-0.1, -0.05) is 60.7 Å². The normalized spacial score (nSPS) is 11.6. The van der Waals surface area contributed by atoms with E-state index in [-0.39, 0.29) is 18.1 Å². The van der Waals surface area contributed by atoms with Crippen molar-refractivity contribution in [3.05, 3.63) is 90.1 Å². The maximum absolute atomic E-state index is 13.1. The largest absolute Gasteiger partial charge is 0.397 e. The standard InChI is InChI=1S/C19H19N3O2S/c20-18-11-12-19(21-13-18)25(23,24)22(14-16-7-3-1-4-8-16)15-17-9-5-2-6-10-17/h1-13H,14-15,20H2. The monoisotopic (exact) mass is 353 g/mol. The highest BCUT2D eigenvalue weighted by Gasteiger charge is 2.26. The SMILES string of the molecule is Nc1ccc(S(=O)(=O)N(Cc2ccccc2)Cc2ccccc2)nc1. The maximum atomic E-state index is 13.1. The van der Waals surface area contributed by atoms with Gasteiger partial charge in [0.25, 0.3) is 10.0 Å². The predicted octanol–water partition coefficient (Wildman–Crippen LogP) is 3.05. The molecule has 0 fully saturated rings. The summed E-state index contributed by atoms with van der Waals surface area (Å²) in [5.41, 5.74) is 7.88. The second-order valence-corrected chi connectivity index (χ2v) is 7.56. The van der Waals surface area contributed by atoms with E-state index in [1.165, 1.54) is 16.6 Å². The average Bonchev–Trinajstić information content (AvgIpc) is 2.63. The van der Waals surface area contributed by atoms with Crippen LogP contribution in [0.5, 0.6) is 0 Å². The van der Waals surface area contributed by atoms with E-state index < -0.39 is 10.0 Å². The number of rotatable bonds is 6. The quantitative estimate of drug-likeness (QED) is 0.739. The Morgan fingerprint density at radius 2 is 1.32 bits per heavy atom. The molecule has 6 heteroatoms. The molecule has 3 rings (SSSR count). The van der Waals surface area contributed by atoms with Crippen LogP contribution >= 0.6 is 0 Å². The Kier molecular flexibility index (Phi) is 5.11. The maximum Gasteiger partial charge on any atom is 0.261 e. The molecule has 5 nitrogen and oxygen atoms in total.